The second-order valence-electron chi connectivity index (χ2n) is 6.29. The van der Waals surface area contributed by atoms with Gasteiger partial charge in [0.05, 0.1) is 7.11 Å². The molecule has 138 valence electrons. The average molecular weight is 363 g/mol. The van der Waals surface area contributed by atoms with Gasteiger partial charge in [0.1, 0.15) is 11.3 Å². The molecule has 0 saturated heterocycles. The van der Waals surface area contributed by atoms with Gasteiger partial charge in [0.25, 0.3) is 5.91 Å². The monoisotopic (exact) mass is 363 g/mol. The lowest BCUT2D eigenvalue weighted by Gasteiger charge is -2.13. The highest BCUT2D eigenvalue weighted by atomic mass is 16.5. The van der Waals surface area contributed by atoms with Crippen LogP contribution in [-0.2, 0) is 9.53 Å². The van der Waals surface area contributed by atoms with Crippen LogP contribution in [0, 0.1) is 13.8 Å². The van der Waals surface area contributed by atoms with Crippen LogP contribution in [0.1, 0.15) is 21.5 Å². The Hall–Kier alpha value is -3.34. The predicted octanol–water partition coefficient (Wildman–Crippen LogP) is 4.26. The Kier molecular flexibility index (Phi) is 5.41. The van der Waals surface area contributed by atoms with Crippen molar-refractivity contribution >= 4 is 28.3 Å². The van der Waals surface area contributed by atoms with E-state index in [-0.39, 0.29) is 18.1 Å². The summed E-state index contributed by atoms with van der Waals surface area (Å²) in [5.74, 6) is -0.580. The molecule has 0 bridgehead atoms. The van der Waals surface area contributed by atoms with Crippen LogP contribution in [0.15, 0.2) is 54.6 Å². The normalized spacial score (nSPS) is 10.5. The number of para-hydroxylation sites is 1. The van der Waals surface area contributed by atoms with Crippen molar-refractivity contribution in [3.05, 3.63) is 71.3 Å². The number of benzene rings is 3. The maximum absolute atomic E-state index is 12.5. The zero-order valence-corrected chi connectivity index (χ0v) is 15.5. The smallest absolute Gasteiger partial charge is 0.342 e. The summed E-state index contributed by atoms with van der Waals surface area (Å²) >= 11 is 0. The van der Waals surface area contributed by atoms with Crippen LogP contribution in [0.4, 0.5) is 5.69 Å². The highest BCUT2D eigenvalue weighted by molar-refractivity contribution is 6.00. The number of ether oxygens (including phenoxy) is 2. The number of rotatable bonds is 5. The van der Waals surface area contributed by atoms with Crippen LogP contribution in [-0.4, -0.2) is 25.6 Å². The molecule has 0 aromatic heterocycles. The quantitative estimate of drug-likeness (QED) is 0.688. The molecule has 0 aliphatic carbocycles. The van der Waals surface area contributed by atoms with Crippen molar-refractivity contribution in [1.82, 2.24) is 0 Å². The summed E-state index contributed by atoms with van der Waals surface area (Å²) in [6.45, 7) is 3.45. The van der Waals surface area contributed by atoms with Crippen LogP contribution in [0.2, 0.25) is 0 Å². The number of carbonyl (C=O) groups excluding carboxylic acids is 2. The van der Waals surface area contributed by atoms with Gasteiger partial charge in [-0.15, -0.1) is 0 Å². The Morgan fingerprint density at radius 3 is 2.19 bits per heavy atom. The number of hydrogen-bond donors (Lipinski definition) is 1. The van der Waals surface area contributed by atoms with Crippen molar-refractivity contribution < 1.29 is 19.1 Å². The van der Waals surface area contributed by atoms with E-state index in [0.29, 0.717) is 5.75 Å². The SMILES string of the molecule is COc1cc2ccccc2cc1C(=O)OCC(=O)Nc1c(C)cccc1C. The lowest BCUT2D eigenvalue weighted by molar-refractivity contribution is -0.119. The summed E-state index contributed by atoms with van der Waals surface area (Å²) in [7, 11) is 1.49. The molecular weight excluding hydrogens is 342 g/mol. The molecule has 5 heteroatoms. The third-order valence-electron chi connectivity index (χ3n) is 4.37. The van der Waals surface area contributed by atoms with Gasteiger partial charge in [-0.2, -0.15) is 0 Å². The Morgan fingerprint density at radius 1 is 0.926 bits per heavy atom. The van der Waals surface area contributed by atoms with E-state index in [1.54, 1.807) is 12.1 Å². The van der Waals surface area contributed by atoms with E-state index in [1.165, 1.54) is 7.11 Å². The third-order valence-corrected chi connectivity index (χ3v) is 4.37. The van der Waals surface area contributed by atoms with Crippen molar-refractivity contribution in [2.45, 2.75) is 13.8 Å². The van der Waals surface area contributed by atoms with Gasteiger partial charge < -0.3 is 14.8 Å². The molecule has 5 nitrogen and oxygen atoms in total. The van der Waals surface area contributed by atoms with Crippen molar-refractivity contribution in [3.63, 3.8) is 0 Å². The number of hydrogen-bond acceptors (Lipinski definition) is 4. The zero-order valence-electron chi connectivity index (χ0n) is 15.5. The molecule has 0 saturated carbocycles. The molecule has 0 aliphatic heterocycles. The van der Waals surface area contributed by atoms with Crippen LogP contribution >= 0.6 is 0 Å². The first-order chi connectivity index (χ1) is 13.0. The fourth-order valence-corrected chi connectivity index (χ4v) is 2.94. The van der Waals surface area contributed by atoms with E-state index in [9.17, 15) is 9.59 Å². The number of methoxy groups -OCH3 is 1. The summed E-state index contributed by atoms with van der Waals surface area (Å²) in [6, 6.07) is 16.9. The molecule has 3 aromatic carbocycles. The lowest BCUT2D eigenvalue weighted by atomic mass is 10.1. The van der Waals surface area contributed by atoms with Crippen LogP contribution in [0.25, 0.3) is 10.8 Å². The Morgan fingerprint density at radius 2 is 1.56 bits per heavy atom. The van der Waals surface area contributed by atoms with Gasteiger partial charge in [-0.1, -0.05) is 42.5 Å². The molecule has 0 atom stereocenters. The summed E-state index contributed by atoms with van der Waals surface area (Å²) in [6.07, 6.45) is 0. The minimum Gasteiger partial charge on any atom is -0.496 e. The highest BCUT2D eigenvalue weighted by Gasteiger charge is 2.17. The average Bonchev–Trinajstić information content (AvgIpc) is 2.68. The Balaban J connectivity index is 1.72. The molecule has 0 radical (unpaired) electrons. The van der Waals surface area contributed by atoms with Crippen LogP contribution in [0.3, 0.4) is 0 Å². The molecule has 3 rings (SSSR count). The van der Waals surface area contributed by atoms with Crippen molar-refractivity contribution in [1.29, 1.82) is 0 Å². The standard InChI is InChI=1S/C22H21NO4/c1-14-7-6-8-15(2)21(14)23-20(24)13-27-22(25)18-11-16-9-4-5-10-17(16)12-19(18)26-3/h4-12H,13H2,1-3H3,(H,23,24). The first-order valence-electron chi connectivity index (χ1n) is 8.59. The van der Waals surface area contributed by atoms with Crippen molar-refractivity contribution in [3.8, 4) is 5.75 Å². The summed E-state index contributed by atoms with van der Waals surface area (Å²) < 4.78 is 10.5. The fraction of sp³-hybridized carbons (Fsp3) is 0.182. The first-order valence-corrected chi connectivity index (χ1v) is 8.59. The molecule has 3 aromatic rings. The molecular formula is C22H21NO4. The summed E-state index contributed by atoms with van der Waals surface area (Å²) in [5, 5.41) is 4.65. The van der Waals surface area contributed by atoms with E-state index in [4.69, 9.17) is 9.47 Å². The van der Waals surface area contributed by atoms with E-state index in [1.807, 2.05) is 56.3 Å². The number of esters is 1. The van der Waals surface area contributed by atoms with Crippen LogP contribution in [0.5, 0.6) is 5.75 Å². The van der Waals surface area contributed by atoms with E-state index in [2.05, 4.69) is 5.32 Å². The van der Waals surface area contributed by atoms with Crippen molar-refractivity contribution in [2.24, 2.45) is 0 Å². The van der Waals surface area contributed by atoms with Gasteiger partial charge in [0, 0.05) is 5.69 Å². The van der Waals surface area contributed by atoms with Gasteiger partial charge in [-0.25, -0.2) is 4.79 Å². The molecule has 27 heavy (non-hydrogen) atoms. The van der Waals surface area contributed by atoms with Gasteiger partial charge in [0.2, 0.25) is 0 Å². The topological polar surface area (TPSA) is 64.6 Å². The zero-order chi connectivity index (χ0) is 19.4. The minimum atomic E-state index is -0.603. The predicted molar refractivity (Wildman–Crippen MR) is 105 cm³/mol. The highest BCUT2D eigenvalue weighted by Crippen LogP contribution is 2.26. The lowest BCUT2D eigenvalue weighted by Crippen LogP contribution is -2.22. The van der Waals surface area contributed by atoms with E-state index < -0.39 is 5.97 Å². The number of fused-ring (bicyclic) bond motifs is 1. The third kappa shape index (κ3) is 4.08. The van der Waals surface area contributed by atoms with E-state index >= 15 is 0 Å². The molecule has 0 aliphatic rings. The number of aryl methyl sites for hydroxylation is 2. The Labute approximate surface area is 157 Å². The van der Waals surface area contributed by atoms with E-state index in [0.717, 1.165) is 27.6 Å². The van der Waals surface area contributed by atoms with Gasteiger partial charge in [-0.3, -0.25) is 4.79 Å². The summed E-state index contributed by atoms with van der Waals surface area (Å²) in [4.78, 5) is 24.7. The van der Waals surface area contributed by atoms with Crippen LogP contribution < -0.4 is 10.1 Å². The first kappa shape index (κ1) is 18.5. The van der Waals surface area contributed by atoms with Gasteiger partial charge >= 0.3 is 5.97 Å². The van der Waals surface area contributed by atoms with Crippen molar-refractivity contribution in [2.75, 3.05) is 19.0 Å². The number of nitrogens with one attached hydrogen (secondary N) is 1. The fourth-order valence-electron chi connectivity index (χ4n) is 2.94. The minimum absolute atomic E-state index is 0.288. The second-order valence-corrected chi connectivity index (χ2v) is 6.29. The number of amides is 1. The largest absolute Gasteiger partial charge is 0.496 e. The maximum Gasteiger partial charge on any atom is 0.342 e. The second kappa shape index (κ2) is 7.91. The molecule has 1 amide bonds. The molecule has 0 unspecified atom stereocenters. The molecule has 0 fully saturated rings. The number of anilines is 1. The Bertz CT molecular complexity index is 990. The number of carbonyl (C=O) groups is 2. The maximum atomic E-state index is 12.5. The van der Waals surface area contributed by atoms with Gasteiger partial charge in [0.15, 0.2) is 6.61 Å². The van der Waals surface area contributed by atoms with Gasteiger partial charge in [-0.05, 0) is 47.9 Å². The molecule has 1 N–H and O–H groups in total. The molecule has 0 spiro atoms. The molecule has 0 heterocycles. The summed E-state index contributed by atoms with van der Waals surface area (Å²) in [5.41, 5.74) is 2.93.